The zero-order valence-electron chi connectivity index (χ0n) is 29.1. The lowest BCUT2D eigenvalue weighted by atomic mass is 10.2. The standard InChI is InChI=1S/C31H66O5Si6/c1-26(2)30(32)36-25-21-31(37(40(3,4)5)27-18-12-15-22-33-27,38(41(6,7)8)28-19-13-16-23-34-28)39(42(9,10)11)29-20-14-17-24-35-29/h27-29,37-39H,1,12-25H2,2-11H3. The van der Waals surface area contributed by atoms with Crippen molar-refractivity contribution in [2.75, 3.05) is 26.4 Å². The molecule has 42 heavy (non-hydrogen) atoms. The molecule has 0 aromatic rings. The minimum absolute atomic E-state index is 0.218. The van der Waals surface area contributed by atoms with Gasteiger partial charge in [-0.05, 0) is 75.4 Å². The zero-order valence-corrected chi connectivity index (χ0v) is 35.6. The lowest BCUT2D eigenvalue weighted by Crippen LogP contribution is -2.80. The first-order valence-corrected chi connectivity index (χ1v) is 36.8. The average Bonchev–Trinajstić information content (AvgIpc) is 2.88. The minimum Gasteiger partial charge on any atom is -0.462 e. The summed E-state index contributed by atoms with van der Waals surface area (Å²) in [6.45, 7) is 33.3. The molecule has 3 rings (SSSR count). The zero-order chi connectivity index (χ0) is 31.3. The first-order valence-electron chi connectivity index (χ1n) is 17.2. The normalized spacial score (nSPS) is 28.3. The highest BCUT2D eigenvalue weighted by atomic mass is 29.3. The molecule has 0 spiro atoms. The molecule has 3 saturated heterocycles. The summed E-state index contributed by atoms with van der Waals surface area (Å²) in [7, 11) is -9.67. The molecule has 3 heterocycles. The molecule has 0 amide bonds. The molecule has 0 N–H and O–H groups in total. The summed E-state index contributed by atoms with van der Waals surface area (Å²) in [5.41, 5.74) is 1.87. The number of ether oxygens (including phenoxy) is 4. The van der Waals surface area contributed by atoms with Gasteiger partial charge >= 0.3 is 5.97 Å². The van der Waals surface area contributed by atoms with E-state index in [1.54, 1.807) is 6.92 Å². The fourth-order valence-corrected chi connectivity index (χ4v) is 102. The van der Waals surface area contributed by atoms with E-state index >= 15 is 0 Å². The first-order chi connectivity index (χ1) is 19.5. The van der Waals surface area contributed by atoms with Crippen LogP contribution in [0.5, 0.6) is 0 Å². The van der Waals surface area contributed by atoms with E-state index in [-0.39, 0.29) is 5.97 Å². The Bertz CT molecular complexity index is 789. The van der Waals surface area contributed by atoms with E-state index in [9.17, 15) is 4.79 Å². The van der Waals surface area contributed by atoms with Crippen molar-refractivity contribution in [3.05, 3.63) is 12.2 Å². The van der Waals surface area contributed by atoms with E-state index in [1.165, 1.54) is 57.8 Å². The lowest BCUT2D eigenvalue weighted by Gasteiger charge is -2.63. The van der Waals surface area contributed by atoms with Crippen LogP contribution in [-0.4, -0.2) is 97.3 Å². The Balaban J connectivity index is 2.39. The Morgan fingerprint density at radius 1 is 0.690 bits per heavy atom. The summed E-state index contributed by atoms with van der Waals surface area (Å²) in [6.07, 6.45) is 12.3. The number of rotatable bonds is 13. The van der Waals surface area contributed by atoms with Crippen molar-refractivity contribution in [2.45, 2.75) is 152 Å². The third kappa shape index (κ3) is 9.01. The van der Waals surface area contributed by atoms with E-state index in [1.807, 2.05) is 0 Å². The van der Waals surface area contributed by atoms with Crippen LogP contribution >= 0.6 is 0 Å². The fourth-order valence-electron chi connectivity index (χ4n) is 9.71. The van der Waals surface area contributed by atoms with Crippen LogP contribution in [0.4, 0.5) is 0 Å². The van der Waals surface area contributed by atoms with Gasteiger partial charge in [0.2, 0.25) is 0 Å². The summed E-state index contributed by atoms with van der Waals surface area (Å²) in [6, 6.07) is 0. The maximum absolute atomic E-state index is 12.9. The van der Waals surface area contributed by atoms with E-state index < -0.39 is 47.7 Å². The third-order valence-electron chi connectivity index (χ3n) is 10.4. The highest BCUT2D eigenvalue weighted by Crippen LogP contribution is 2.54. The van der Waals surface area contributed by atoms with Gasteiger partial charge in [0.05, 0.1) is 31.5 Å². The highest BCUT2D eigenvalue weighted by molar-refractivity contribution is 7.52. The van der Waals surface area contributed by atoms with Crippen LogP contribution in [0.2, 0.25) is 63.2 Å². The molecule has 244 valence electrons. The summed E-state index contributed by atoms with van der Waals surface area (Å²) in [5, 5.41) is 0. The van der Waals surface area contributed by atoms with Crippen LogP contribution in [0.25, 0.3) is 0 Å². The van der Waals surface area contributed by atoms with Crippen molar-refractivity contribution < 1.29 is 23.7 Å². The molecular formula is C31H66O5Si6. The summed E-state index contributed by atoms with van der Waals surface area (Å²) in [5.74, 6) is -0.218. The number of carbonyl (C=O) groups is 1. The molecule has 0 aromatic carbocycles. The fraction of sp³-hybridized carbons (Fsp3) is 0.903. The van der Waals surface area contributed by atoms with Gasteiger partial charge in [0.1, 0.15) is 0 Å². The Kier molecular flexibility index (Phi) is 13.4. The van der Waals surface area contributed by atoms with Crippen molar-refractivity contribution in [1.29, 1.82) is 0 Å². The van der Waals surface area contributed by atoms with Gasteiger partial charge in [-0.25, -0.2) is 4.79 Å². The Labute approximate surface area is 266 Å². The first kappa shape index (κ1) is 36.9. The molecule has 6 atom stereocenters. The maximum atomic E-state index is 12.9. The van der Waals surface area contributed by atoms with Crippen LogP contribution in [-0.2, 0) is 23.7 Å². The molecule has 11 heteroatoms. The second-order valence-electron chi connectivity index (χ2n) is 17.0. The molecule has 0 aromatic heterocycles. The highest BCUT2D eigenvalue weighted by Gasteiger charge is 2.67. The second kappa shape index (κ2) is 15.3. The predicted molar refractivity (Wildman–Crippen MR) is 195 cm³/mol. The SMILES string of the molecule is C=C(C)C(=O)OCCC([SiH](C1CCCCO1)[Si](C)(C)C)([SiH](C1CCCCO1)[Si](C)(C)C)[SiH](C1CCCCO1)[Si](C)(C)C. The number of esters is 1. The van der Waals surface area contributed by atoms with Crippen molar-refractivity contribution in [2.24, 2.45) is 0 Å². The molecule has 3 fully saturated rings. The number of hydrogen-bond donors (Lipinski definition) is 0. The lowest BCUT2D eigenvalue weighted by molar-refractivity contribution is -0.139. The Morgan fingerprint density at radius 2 is 1.02 bits per heavy atom. The predicted octanol–water partition coefficient (Wildman–Crippen LogP) is 6.57. The summed E-state index contributed by atoms with van der Waals surface area (Å²) < 4.78 is 27.5. The third-order valence-corrected chi connectivity index (χ3v) is 61.6. The number of carbonyl (C=O) groups excluding carboxylic acids is 1. The quantitative estimate of drug-likeness (QED) is 0.125. The second-order valence-corrected chi connectivity index (χ2v) is 62.7. The van der Waals surface area contributed by atoms with Crippen molar-refractivity contribution >= 4 is 53.7 Å². The van der Waals surface area contributed by atoms with Crippen molar-refractivity contribution in [1.82, 2.24) is 0 Å². The smallest absolute Gasteiger partial charge is 0.333 e. The molecule has 0 saturated carbocycles. The molecule has 0 aliphatic carbocycles. The van der Waals surface area contributed by atoms with E-state index in [0.29, 0.717) is 33.6 Å². The Hall–Kier alpha value is 0.391. The average molecular weight is 687 g/mol. The van der Waals surface area contributed by atoms with Crippen molar-refractivity contribution in [3.63, 3.8) is 0 Å². The topological polar surface area (TPSA) is 54.0 Å². The van der Waals surface area contributed by atoms with Crippen LogP contribution in [0.1, 0.15) is 71.1 Å². The van der Waals surface area contributed by atoms with Gasteiger partial charge in [-0.3, -0.25) is 0 Å². The molecule has 0 bridgehead atoms. The van der Waals surface area contributed by atoms with Crippen LogP contribution in [0, 0.1) is 0 Å². The van der Waals surface area contributed by atoms with Gasteiger partial charge in [-0.2, -0.15) is 0 Å². The van der Waals surface area contributed by atoms with E-state index in [4.69, 9.17) is 18.9 Å². The van der Waals surface area contributed by atoms with E-state index in [2.05, 4.69) is 65.5 Å². The summed E-state index contributed by atoms with van der Waals surface area (Å²) in [4.78, 5) is 12.9. The molecule has 6 unspecified atom stereocenters. The monoisotopic (exact) mass is 686 g/mol. The maximum Gasteiger partial charge on any atom is 0.333 e. The molecule has 3 aliphatic heterocycles. The van der Waals surface area contributed by atoms with Gasteiger partial charge in [0, 0.05) is 65.3 Å². The molecule has 0 radical (unpaired) electrons. The van der Waals surface area contributed by atoms with Gasteiger partial charge < -0.3 is 18.9 Å². The van der Waals surface area contributed by atoms with Crippen LogP contribution < -0.4 is 0 Å². The van der Waals surface area contributed by atoms with Gasteiger partial charge in [-0.1, -0.05) is 65.5 Å². The summed E-state index contributed by atoms with van der Waals surface area (Å²) >= 11 is 0. The number of hydrogen-bond acceptors (Lipinski definition) is 5. The van der Waals surface area contributed by atoms with Gasteiger partial charge in [-0.15, -0.1) is 0 Å². The van der Waals surface area contributed by atoms with E-state index in [0.717, 1.165) is 26.2 Å². The van der Waals surface area contributed by atoms with Crippen LogP contribution in [0.3, 0.4) is 0 Å². The largest absolute Gasteiger partial charge is 0.462 e. The molecule has 5 nitrogen and oxygen atoms in total. The van der Waals surface area contributed by atoms with Crippen LogP contribution in [0.15, 0.2) is 12.2 Å². The minimum atomic E-state index is -1.66. The molecule has 3 aliphatic rings. The van der Waals surface area contributed by atoms with Crippen molar-refractivity contribution in [3.8, 4) is 0 Å². The van der Waals surface area contributed by atoms with Gasteiger partial charge in [0.25, 0.3) is 0 Å². The van der Waals surface area contributed by atoms with Gasteiger partial charge in [0.15, 0.2) is 0 Å². The molecular weight excluding hydrogens is 621 g/mol. The Morgan fingerprint density at radius 3 is 1.26 bits per heavy atom.